The minimum absolute atomic E-state index is 0.00650. The fourth-order valence-electron chi connectivity index (χ4n) is 6.02. The Morgan fingerprint density at radius 1 is 0.345 bits per heavy atom. The number of sulfone groups is 2. The van der Waals surface area contributed by atoms with E-state index in [4.69, 9.17) is 28.0 Å². The predicted molar refractivity (Wildman–Crippen MR) is 347 cm³/mol. The average molecular weight is 1320 g/mol. The van der Waals surface area contributed by atoms with Crippen LogP contribution in [0.15, 0.2) is 49.6 Å². The topological polar surface area (TPSA) is 329 Å². The summed E-state index contributed by atoms with van der Waals surface area (Å²) >= 11 is 0. The molecule has 0 saturated carbocycles. The van der Waals surface area contributed by atoms with Crippen molar-refractivity contribution in [3.63, 3.8) is 0 Å². The number of primary sulfonamides is 2. The highest BCUT2D eigenvalue weighted by Gasteiger charge is 2.44. The Kier molecular flexibility index (Phi) is 28.0. The molecule has 4 aromatic heterocycles. The standard InChI is InChI=1S/2C14H26N2O3SSi.2C13H25N3O3SSi/c2*1-11-8-15-13(16-9-11)12(10-20(5,17)18)19-21(6,7)14(2,3)4;2*1-10-7-15-12(16-8-10)11(9-20(14,17)18)19-21(5,6)13(2,3)4/h2*8-9,12H,10H2,1-7H3;2*7-8,11H,9H2,1-6H3,(H2,14,17,18)/t2*12-;2*11-/m1010/s1. The Morgan fingerprint density at radius 2 is 0.488 bits per heavy atom. The van der Waals surface area contributed by atoms with Crippen molar-refractivity contribution in [1.82, 2.24) is 39.9 Å². The van der Waals surface area contributed by atoms with Crippen LogP contribution in [-0.2, 0) is 57.4 Å². The third-order valence-electron chi connectivity index (χ3n) is 15.0. The summed E-state index contributed by atoms with van der Waals surface area (Å²) < 4.78 is 117. The normalized spacial score (nSPS) is 15.0. The van der Waals surface area contributed by atoms with Crippen molar-refractivity contribution < 1.29 is 51.4 Å². The fourth-order valence-corrected chi connectivity index (χ4v) is 14.3. The molecule has 0 unspecified atom stereocenters. The molecule has 0 aliphatic carbocycles. The monoisotopic (exact) mass is 1320 g/mol. The maximum absolute atomic E-state index is 11.7. The van der Waals surface area contributed by atoms with Crippen LogP contribution in [-0.4, -0.2) is 142 Å². The Bertz CT molecular complexity index is 2740. The van der Waals surface area contributed by atoms with Crippen LogP contribution < -0.4 is 10.3 Å². The van der Waals surface area contributed by atoms with Crippen molar-refractivity contribution >= 4 is 73.0 Å². The van der Waals surface area contributed by atoms with Crippen molar-refractivity contribution in [3.05, 3.63) is 95.1 Å². The second kappa shape index (κ2) is 29.8. The van der Waals surface area contributed by atoms with Crippen LogP contribution in [0.1, 0.15) is 153 Å². The van der Waals surface area contributed by atoms with Gasteiger partial charge in [0, 0.05) is 62.1 Å². The van der Waals surface area contributed by atoms with E-state index in [1.165, 1.54) is 12.5 Å². The molecule has 4 aromatic rings. The van der Waals surface area contributed by atoms with E-state index in [0.29, 0.717) is 23.3 Å². The smallest absolute Gasteiger partial charge is 0.212 e. The Morgan fingerprint density at radius 3 is 0.607 bits per heavy atom. The van der Waals surface area contributed by atoms with Crippen LogP contribution >= 0.6 is 0 Å². The molecule has 4 N–H and O–H groups in total. The van der Waals surface area contributed by atoms with E-state index >= 15 is 0 Å². The zero-order valence-electron chi connectivity index (χ0n) is 55.0. The zero-order chi connectivity index (χ0) is 65.9. The van der Waals surface area contributed by atoms with Gasteiger partial charge in [0.15, 0.2) is 56.6 Å². The SMILES string of the molecule is Cc1cnc([C@@H](CS(C)(=O)=O)O[Si](C)(C)C(C)(C)C)nc1.Cc1cnc([C@@H](CS(N)(=O)=O)O[Si](C)(C)C(C)(C)C)nc1.Cc1cnc([C@H](CS(C)(=O)=O)O[Si](C)(C)C(C)(C)C)nc1.Cc1cnc([C@H](CS(N)(=O)=O)O[Si](C)(C)C(C)(C)C)nc1. The first-order valence-electron chi connectivity index (χ1n) is 27.5. The second-order valence-corrected chi connectivity index (χ2v) is 54.5. The van der Waals surface area contributed by atoms with Crippen molar-refractivity contribution in [1.29, 1.82) is 0 Å². The maximum atomic E-state index is 11.7. The quantitative estimate of drug-likeness (QED) is 0.0777. The summed E-state index contributed by atoms with van der Waals surface area (Å²) in [7, 11) is -22.3. The lowest BCUT2D eigenvalue weighted by Crippen LogP contribution is -2.43. The van der Waals surface area contributed by atoms with Crippen LogP contribution in [0.3, 0.4) is 0 Å². The Labute approximate surface area is 509 Å². The molecule has 0 saturated heterocycles. The number of sulfonamides is 2. The van der Waals surface area contributed by atoms with E-state index in [1.807, 2.05) is 27.7 Å². The average Bonchev–Trinajstić information content (AvgIpc) is 3.51. The first kappa shape index (κ1) is 78.8. The summed E-state index contributed by atoms with van der Waals surface area (Å²) in [4.78, 5) is 33.8. The number of nitrogens with two attached hydrogens (primary N) is 2. The first-order chi connectivity index (χ1) is 37.3. The van der Waals surface area contributed by atoms with Crippen molar-refractivity contribution in [2.75, 3.05) is 35.5 Å². The summed E-state index contributed by atoms with van der Waals surface area (Å²) in [6, 6.07) is 0. The Balaban J connectivity index is 0.000000560. The van der Waals surface area contributed by atoms with Gasteiger partial charge in [-0.25, -0.2) is 83.8 Å². The highest BCUT2D eigenvalue weighted by Crippen LogP contribution is 2.43. The Hall–Kier alpha value is -3.25. The van der Waals surface area contributed by atoms with Gasteiger partial charge >= 0.3 is 0 Å². The van der Waals surface area contributed by atoms with Gasteiger partial charge in [-0.05, 0) is 122 Å². The number of aryl methyl sites for hydroxylation is 4. The zero-order valence-corrected chi connectivity index (χ0v) is 62.3. The van der Waals surface area contributed by atoms with Gasteiger partial charge in [-0.2, -0.15) is 0 Å². The molecular formula is C54H102N10O12S4Si4. The van der Waals surface area contributed by atoms with Crippen molar-refractivity contribution in [3.8, 4) is 0 Å². The van der Waals surface area contributed by atoms with Crippen LogP contribution in [0.4, 0.5) is 0 Å². The van der Waals surface area contributed by atoms with Crippen molar-refractivity contribution in [2.24, 2.45) is 10.3 Å². The van der Waals surface area contributed by atoms with Crippen LogP contribution in [0.2, 0.25) is 72.5 Å². The van der Waals surface area contributed by atoms with Gasteiger partial charge in [-0.1, -0.05) is 83.1 Å². The van der Waals surface area contributed by atoms with E-state index in [1.54, 1.807) is 49.6 Å². The maximum Gasteiger partial charge on any atom is 0.212 e. The second-order valence-electron chi connectivity index (χ2n) is 27.8. The molecule has 0 spiro atoms. The van der Waals surface area contributed by atoms with Gasteiger partial charge in [0.2, 0.25) is 20.0 Å². The minimum Gasteiger partial charge on any atom is -0.406 e. The molecule has 0 aromatic carbocycles. The molecule has 0 aliphatic heterocycles. The lowest BCUT2D eigenvalue weighted by molar-refractivity contribution is 0.195. The van der Waals surface area contributed by atoms with Crippen LogP contribution in [0.25, 0.3) is 0 Å². The molecule has 0 amide bonds. The molecule has 0 bridgehead atoms. The van der Waals surface area contributed by atoms with Gasteiger partial charge in [-0.15, -0.1) is 0 Å². The van der Waals surface area contributed by atoms with Gasteiger partial charge in [0.1, 0.15) is 44.1 Å². The summed E-state index contributed by atoms with van der Waals surface area (Å²) in [5.41, 5.74) is 3.68. The molecule has 22 nitrogen and oxygen atoms in total. The number of aromatic nitrogens is 8. The van der Waals surface area contributed by atoms with E-state index in [9.17, 15) is 33.7 Å². The molecule has 84 heavy (non-hydrogen) atoms. The summed E-state index contributed by atoms with van der Waals surface area (Å²) in [5.74, 6) is 0.779. The van der Waals surface area contributed by atoms with Crippen LogP contribution in [0.5, 0.6) is 0 Å². The van der Waals surface area contributed by atoms with Crippen molar-refractivity contribution in [2.45, 2.75) is 208 Å². The molecule has 4 atom stereocenters. The third kappa shape index (κ3) is 28.7. The highest BCUT2D eigenvalue weighted by atomic mass is 32.2. The molecule has 0 aliphatic rings. The van der Waals surface area contributed by atoms with Gasteiger partial charge in [0.25, 0.3) is 0 Å². The molecule has 0 radical (unpaired) electrons. The van der Waals surface area contributed by atoms with Gasteiger partial charge in [-0.3, -0.25) is 0 Å². The fraction of sp³-hybridized carbons (Fsp3) is 0.704. The van der Waals surface area contributed by atoms with E-state index in [-0.39, 0.29) is 43.2 Å². The molecule has 480 valence electrons. The summed E-state index contributed by atoms with van der Waals surface area (Å²) in [6.07, 6.45) is 13.1. The number of nitrogens with zero attached hydrogens (tertiary/aromatic N) is 8. The lowest BCUT2D eigenvalue weighted by Gasteiger charge is -2.38. The van der Waals surface area contributed by atoms with Gasteiger partial charge < -0.3 is 17.7 Å². The molecule has 4 heterocycles. The molecule has 4 rings (SSSR count). The van der Waals surface area contributed by atoms with Crippen LogP contribution in [0, 0.1) is 27.7 Å². The largest absolute Gasteiger partial charge is 0.406 e. The minimum atomic E-state index is -3.68. The van der Waals surface area contributed by atoms with E-state index < -0.39 is 97.4 Å². The lowest BCUT2D eigenvalue weighted by atomic mass is 10.2. The third-order valence-corrected chi connectivity index (χ3v) is 36.3. The number of hydrogen-bond donors (Lipinski definition) is 2. The predicted octanol–water partition coefficient (Wildman–Crippen LogP) is 10.1. The molecule has 30 heteroatoms. The van der Waals surface area contributed by atoms with E-state index in [0.717, 1.165) is 22.3 Å². The summed E-state index contributed by atoms with van der Waals surface area (Å²) in [6.45, 7) is 49.3. The first-order valence-corrected chi connectivity index (χ1v) is 46.7. The number of hydrogen-bond acceptors (Lipinski definition) is 20. The summed E-state index contributed by atoms with van der Waals surface area (Å²) in [5, 5.41) is 10.3. The molecular weight excluding hydrogens is 1220 g/mol. The highest BCUT2D eigenvalue weighted by molar-refractivity contribution is 7.91. The molecule has 0 fully saturated rings. The number of rotatable bonds is 20. The van der Waals surface area contributed by atoms with Gasteiger partial charge in [0.05, 0.1) is 23.0 Å². The van der Waals surface area contributed by atoms with E-state index in [2.05, 4.69) is 175 Å².